The topological polar surface area (TPSA) is 67.8 Å². The largest absolute Gasteiger partial charge is 0.447 e. The van der Waals surface area contributed by atoms with Crippen molar-refractivity contribution in [2.24, 2.45) is 4.99 Å². The Morgan fingerprint density at radius 2 is 1.68 bits per heavy atom. The zero-order valence-electron chi connectivity index (χ0n) is 16.3. The first-order valence-electron chi connectivity index (χ1n) is 8.46. The molecule has 0 aromatic heterocycles. The third-order valence-corrected chi connectivity index (χ3v) is 4.06. The third kappa shape index (κ3) is 6.35. The first-order valence-corrected chi connectivity index (χ1v) is 8.46. The molecule has 1 amide bonds. The average molecular weight is 345 g/mol. The Hall–Kier alpha value is -2.13. The van der Waals surface area contributed by atoms with Crippen LogP contribution in [0.25, 0.3) is 0 Å². The second-order valence-electron chi connectivity index (χ2n) is 7.72. The van der Waals surface area contributed by atoms with Crippen LogP contribution in [0, 0.1) is 5.92 Å². The second-order valence-corrected chi connectivity index (χ2v) is 7.72. The predicted octanol–water partition coefficient (Wildman–Crippen LogP) is 4.61. The normalized spacial score (nSPS) is 13.1. The van der Waals surface area contributed by atoms with Crippen LogP contribution in [-0.2, 0) is 20.6 Å². The molecule has 1 aromatic carbocycles. The van der Waals surface area contributed by atoms with E-state index >= 15 is 0 Å². The molecule has 5 nitrogen and oxygen atoms in total. The van der Waals surface area contributed by atoms with Crippen molar-refractivity contribution >= 4 is 12.2 Å². The average Bonchev–Trinajstić information content (AvgIpc) is 2.45. The van der Waals surface area contributed by atoms with Crippen molar-refractivity contribution in [3.05, 3.63) is 41.3 Å². The van der Waals surface area contributed by atoms with Crippen LogP contribution in [-0.4, -0.2) is 18.3 Å². The van der Waals surface area contributed by atoms with Crippen molar-refractivity contribution < 1.29 is 14.3 Å². The smallest absolute Gasteiger partial charge is 0.408 e. The zero-order chi connectivity index (χ0) is 19.3. The van der Waals surface area contributed by atoms with Gasteiger partial charge in [-0.05, 0) is 58.1 Å². The molecule has 1 unspecified atom stereocenters. The van der Waals surface area contributed by atoms with Crippen LogP contribution in [0.5, 0.6) is 0 Å². The van der Waals surface area contributed by atoms with Gasteiger partial charge < -0.3 is 10.1 Å². The number of isocyanates is 1. The SMILES string of the molecule is C[C](C)CC(C)OC(=O)NC(C)(C)c1ccc(C(C)(C)N=C=O)cc1. The van der Waals surface area contributed by atoms with E-state index < -0.39 is 17.2 Å². The number of nitrogens with zero attached hydrogens (tertiary/aromatic N) is 1. The lowest BCUT2D eigenvalue weighted by atomic mass is 9.89. The molecule has 0 fully saturated rings. The van der Waals surface area contributed by atoms with Gasteiger partial charge in [-0.15, -0.1) is 0 Å². The van der Waals surface area contributed by atoms with E-state index in [0.29, 0.717) is 0 Å². The van der Waals surface area contributed by atoms with E-state index in [4.69, 9.17) is 4.74 Å². The second kappa shape index (κ2) is 8.30. The van der Waals surface area contributed by atoms with Crippen LogP contribution >= 0.6 is 0 Å². The number of hydrogen-bond donors (Lipinski definition) is 1. The number of rotatable bonds is 7. The lowest BCUT2D eigenvalue weighted by Gasteiger charge is -2.28. The van der Waals surface area contributed by atoms with Crippen molar-refractivity contribution in [2.75, 3.05) is 0 Å². The number of amides is 1. The van der Waals surface area contributed by atoms with Gasteiger partial charge in [0.05, 0.1) is 11.1 Å². The molecule has 1 radical (unpaired) electrons. The lowest BCUT2D eigenvalue weighted by molar-refractivity contribution is 0.0962. The summed E-state index contributed by atoms with van der Waals surface area (Å²) in [4.78, 5) is 26.5. The summed E-state index contributed by atoms with van der Waals surface area (Å²) in [6.45, 7) is 13.4. The minimum atomic E-state index is -0.624. The molecular weight excluding hydrogens is 316 g/mol. The molecule has 0 saturated heterocycles. The van der Waals surface area contributed by atoms with Crippen LogP contribution in [0.15, 0.2) is 29.3 Å². The number of nitrogens with one attached hydrogen (secondary N) is 1. The van der Waals surface area contributed by atoms with Crippen LogP contribution in [0.4, 0.5) is 4.79 Å². The van der Waals surface area contributed by atoms with Crippen LogP contribution < -0.4 is 5.32 Å². The van der Waals surface area contributed by atoms with Gasteiger partial charge in [-0.2, -0.15) is 4.99 Å². The van der Waals surface area contributed by atoms with Crippen molar-refractivity contribution in [1.29, 1.82) is 0 Å². The Morgan fingerprint density at radius 3 is 2.16 bits per heavy atom. The molecule has 5 heteroatoms. The maximum absolute atomic E-state index is 12.1. The number of ether oxygens (including phenoxy) is 1. The Bertz CT molecular complexity index is 627. The molecule has 0 saturated carbocycles. The molecule has 0 bridgehead atoms. The predicted molar refractivity (Wildman–Crippen MR) is 98.9 cm³/mol. The molecule has 1 atom stereocenters. The molecule has 1 aromatic rings. The van der Waals surface area contributed by atoms with E-state index in [-0.39, 0.29) is 6.10 Å². The highest BCUT2D eigenvalue weighted by Gasteiger charge is 2.26. The fourth-order valence-corrected chi connectivity index (χ4v) is 2.63. The summed E-state index contributed by atoms with van der Waals surface area (Å²) in [6.07, 6.45) is 1.76. The van der Waals surface area contributed by atoms with Gasteiger partial charge in [0.25, 0.3) is 0 Å². The van der Waals surface area contributed by atoms with E-state index in [1.54, 1.807) is 6.08 Å². The molecule has 0 aliphatic rings. The standard InChI is InChI=1S/C20H29N2O3/c1-14(2)12-15(3)25-18(24)22-20(6,7)17-10-8-16(9-11-17)19(4,5)21-13-23/h8-11,15H,12H2,1-7H3,(H,22,24). The summed E-state index contributed by atoms with van der Waals surface area (Å²) >= 11 is 0. The van der Waals surface area contributed by atoms with Gasteiger partial charge >= 0.3 is 6.09 Å². The summed E-state index contributed by atoms with van der Waals surface area (Å²) in [5.41, 5.74) is 0.629. The maximum atomic E-state index is 12.1. The summed E-state index contributed by atoms with van der Waals surface area (Å²) in [5, 5.41) is 2.90. The Kier molecular flexibility index (Phi) is 6.95. The Balaban J connectivity index is 2.81. The summed E-state index contributed by atoms with van der Waals surface area (Å²) < 4.78 is 5.40. The van der Waals surface area contributed by atoms with Crippen LogP contribution in [0.2, 0.25) is 0 Å². The van der Waals surface area contributed by atoms with Gasteiger partial charge in [-0.25, -0.2) is 9.59 Å². The van der Waals surface area contributed by atoms with Gasteiger partial charge in [-0.3, -0.25) is 0 Å². The molecular formula is C20H29N2O3. The van der Waals surface area contributed by atoms with Crippen molar-refractivity contribution in [3.63, 3.8) is 0 Å². The van der Waals surface area contributed by atoms with Crippen LogP contribution in [0.3, 0.4) is 0 Å². The highest BCUT2D eigenvalue weighted by molar-refractivity contribution is 5.68. The number of hydrogen-bond acceptors (Lipinski definition) is 4. The number of alkyl carbamates (subject to hydrolysis) is 1. The van der Waals surface area contributed by atoms with Gasteiger partial charge in [0, 0.05) is 0 Å². The summed E-state index contributed by atoms with van der Waals surface area (Å²) in [6, 6.07) is 7.65. The van der Waals surface area contributed by atoms with E-state index in [2.05, 4.69) is 10.3 Å². The van der Waals surface area contributed by atoms with Gasteiger partial charge in [-0.1, -0.05) is 38.1 Å². The van der Waals surface area contributed by atoms with Crippen molar-refractivity contribution in [2.45, 2.75) is 72.1 Å². The monoisotopic (exact) mass is 345 g/mol. The van der Waals surface area contributed by atoms with E-state index in [0.717, 1.165) is 17.5 Å². The molecule has 1 N–H and O–H groups in total. The minimum Gasteiger partial charge on any atom is -0.447 e. The van der Waals surface area contributed by atoms with E-state index in [1.807, 2.05) is 72.7 Å². The first kappa shape index (κ1) is 20.9. The maximum Gasteiger partial charge on any atom is 0.408 e. The van der Waals surface area contributed by atoms with Crippen molar-refractivity contribution in [3.8, 4) is 0 Å². The molecule has 137 valence electrons. The Labute approximate surface area is 150 Å². The quantitative estimate of drug-likeness (QED) is 0.579. The number of benzene rings is 1. The first-order chi connectivity index (χ1) is 11.5. The zero-order valence-corrected chi connectivity index (χ0v) is 16.3. The fraction of sp³-hybridized carbons (Fsp3) is 0.550. The third-order valence-electron chi connectivity index (χ3n) is 4.06. The van der Waals surface area contributed by atoms with Gasteiger partial charge in [0.1, 0.15) is 6.10 Å². The molecule has 25 heavy (non-hydrogen) atoms. The molecule has 1 rings (SSSR count). The van der Waals surface area contributed by atoms with Crippen molar-refractivity contribution in [1.82, 2.24) is 5.32 Å². The Morgan fingerprint density at radius 1 is 1.16 bits per heavy atom. The number of carbonyl (C=O) groups excluding carboxylic acids is 2. The molecule has 0 heterocycles. The highest BCUT2D eigenvalue weighted by Crippen LogP contribution is 2.27. The van der Waals surface area contributed by atoms with Gasteiger partial charge in [0.15, 0.2) is 0 Å². The van der Waals surface area contributed by atoms with E-state index in [1.165, 1.54) is 5.92 Å². The van der Waals surface area contributed by atoms with Crippen LogP contribution in [0.1, 0.15) is 66.0 Å². The summed E-state index contributed by atoms with van der Waals surface area (Å²) in [5.74, 6) is 1.22. The number of carbonyl (C=O) groups is 1. The summed E-state index contributed by atoms with van der Waals surface area (Å²) in [7, 11) is 0. The van der Waals surface area contributed by atoms with E-state index in [9.17, 15) is 9.59 Å². The highest BCUT2D eigenvalue weighted by atomic mass is 16.6. The molecule has 0 aliphatic heterocycles. The van der Waals surface area contributed by atoms with Gasteiger partial charge in [0.2, 0.25) is 6.08 Å². The minimum absolute atomic E-state index is 0.162. The molecule has 0 spiro atoms. The fourth-order valence-electron chi connectivity index (χ4n) is 2.63. The molecule has 0 aliphatic carbocycles. The number of aliphatic imine (C=N–C) groups is 1. The lowest BCUT2D eigenvalue weighted by Crippen LogP contribution is -2.42.